The number of nitrogens with one attached hydrogen (secondary N) is 1. The summed E-state index contributed by atoms with van der Waals surface area (Å²) in [5, 5.41) is 7.28. The topological polar surface area (TPSA) is 54.9 Å². The lowest BCUT2D eigenvalue weighted by atomic mass is 10.1. The van der Waals surface area contributed by atoms with Crippen LogP contribution in [0.5, 0.6) is 0 Å². The number of nitrogens with zero attached hydrogens (tertiary/aromatic N) is 2. The third-order valence-electron chi connectivity index (χ3n) is 1.51. The summed E-state index contributed by atoms with van der Waals surface area (Å²) in [5.74, 6) is -0.227. The van der Waals surface area contributed by atoms with E-state index in [1.54, 1.807) is 0 Å². The lowest BCUT2D eigenvalue weighted by Gasteiger charge is -2.03. The molecule has 1 aromatic heterocycles. The molecule has 0 spiro atoms. The highest BCUT2D eigenvalue weighted by Crippen LogP contribution is 2.32. The second-order valence-electron chi connectivity index (χ2n) is 3.56. The van der Waals surface area contributed by atoms with Crippen LogP contribution in [-0.2, 0) is 11.0 Å². The summed E-state index contributed by atoms with van der Waals surface area (Å²) in [6, 6.07) is 0. The van der Waals surface area contributed by atoms with Crippen LogP contribution in [0.3, 0.4) is 0 Å². The Balaban J connectivity index is 2.62. The molecule has 0 bridgehead atoms. The van der Waals surface area contributed by atoms with Crippen LogP contribution in [0.25, 0.3) is 0 Å². The summed E-state index contributed by atoms with van der Waals surface area (Å²) < 4.78 is 36.4. The van der Waals surface area contributed by atoms with Gasteiger partial charge in [0.25, 0.3) is 0 Å². The van der Waals surface area contributed by atoms with E-state index >= 15 is 0 Å². The quantitative estimate of drug-likeness (QED) is 0.900. The fraction of sp³-hybridized carbons (Fsp3) is 0.625. The number of amides is 1. The maximum absolute atomic E-state index is 12.1. The van der Waals surface area contributed by atoms with Crippen LogP contribution in [0.4, 0.5) is 18.3 Å². The molecule has 1 rings (SSSR count). The summed E-state index contributed by atoms with van der Waals surface area (Å²) in [4.78, 5) is 11.2. The van der Waals surface area contributed by atoms with E-state index < -0.39 is 11.2 Å². The molecule has 1 aromatic rings. The summed E-state index contributed by atoms with van der Waals surface area (Å²) in [7, 11) is 0. The fourth-order valence-corrected chi connectivity index (χ4v) is 1.56. The van der Waals surface area contributed by atoms with Crippen molar-refractivity contribution >= 4 is 22.4 Å². The smallest absolute Gasteiger partial charge is 0.301 e. The predicted octanol–water partition coefficient (Wildman–Crippen LogP) is 2.54. The highest BCUT2D eigenvalue weighted by Gasteiger charge is 2.35. The van der Waals surface area contributed by atoms with Crippen molar-refractivity contribution in [1.82, 2.24) is 10.2 Å². The maximum Gasteiger partial charge on any atom is 0.445 e. The van der Waals surface area contributed by atoms with Crippen molar-refractivity contribution in [3.63, 3.8) is 0 Å². The summed E-state index contributed by atoms with van der Waals surface area (Å²) >= 11 is 0.316. The van der Waals surface area contributed by atoms with Crippen LogP contribution in [0, 0.1) is 5.92 Å². The van der Waals surface area contributed by atoms with Gasteiger partial charge in [-0.2, -0.15) is 13.2 Å². The average Bonchev–Trinajstić information content (AvgIpc) is 2.49. The number of alkyl halides is 3. The van der Waals surface area contributed by atoms with Crippen molar-refractivity contribution < 1.29 is 18.0 Å². The number of rotatable bonds is 3. The molecule has 1 amide bonds. The summed E-state index contributed by atoms with van der Waals surface area (Å²) in [6.07, 6.45) is -4.28. The molecule has 0 unspecified atom stereocenters. The molecule has 0 aromatic carbocycles. The second-order valence-corrected chi connectivity index (χ2v) is 4.53. The summed E-state index contributed by atoms with van der Waals surface area (Å²) in [6.45, 7) is 3.67. The molecule has 0 fully saturated rings. The minimum atomic E-state index is -4.52. The Kier molecular flexibility index (Phi) is 3.84. The first-order valence-electron chi connectivity index (χ1n) is 4.49. The number of carbonyl (C=O) groups excluding carboxylic acids is 1. The van der Waals surface area contributed by atoms with Gasteiger partial charge in [-0.15, -0.1) is 10.2 Å². The monoisotopic (exact) mass is 253 g/mol. The standard InChI is InChI=1S/C8H10F3N3OS/c1-4(2)3-5(15)12-7-14-13-6(16-7)8(9,10)11/h4H,3H2,1-2H3,(H,12,14,15). The second kappa shape index (κ2) is 4.77. The Bertz CT molecular complexity index is 375. The molecule has 90 valence electrons. The van der Waals surface area contributed by atoms with E-state index in [2.05, 4.69) is 15.5 Å². The lowest BCUT2D eigenvalue weighted by Crippen LogP contribution is -2.13. The first kappa shape index (κ1) is 12.9. The van der Waals surface area contributed by atoms with E-state index in [0.717, 1.165) is 0 Å². The predicted molar refractivity (Wildman–Crippen MR) is 53.0 cm³/mol. The number of hydrogen-bond acceptors (Lipinski definition) is 4. The highest BCUT2D eigenvalue weighted by atomic mass is 32.1. The SMILES string of the molecule is CC(C)CC(=O)Nc1nnc(C(F)(F)F)s1. The average molecular weight is 253 g/mol. The molecule has 0 aliphatic rings. The molecule has 4 nitrogen and oxygen atoms in total. The molecule has 1 N–H and O–H groups in total. The third-order valence-corrected chi connectivity index (χ3v) is 2.39. The Labute approximate surface area is 93.9 Å². The van der Waals surface area contributed by atoms with Gasteiger partial charge in [0.05, 0.1) is 0 Å². The molecule has 0 saturated carbocycles. The molecule has 0 atom stereocenters. The normalized spacial score (nSPS) is 11.9. The molecular weight excluding hydrogens is 243 g/mol. The van der Waals surface area contributed by atoms with Crippen LogP contribution < -0.4 is 5.32 Å². The first-order valence-corrected chi connectivity index (χ1v) is 5.31. The van der Waals surface area contributed by atoms with Crippen LogP contribution >= 0.6 is 11.3 Å². The molecular formula is C8H10F3N3OS. The van der Waals surface area contributed by atoms with Gasteiger partial charge in [0, 0.05) is 6.42 Å². The number of anilines is 1. The van der Waals surface area contributed by atoms with Gasteiger partial charge in [-0.3, -0.25) is 4.79 Å². The van der Waals surface area contributed by atoms with E-state index in [9.17, 15) is 18.0 Å². The highest BCUT2D eigenvalue weighted by molar-refractivity contribution is 7.15. The molecule has 0 aliphatic carbocycles. The van der Waals surface area contributed by atoms with Crippen molar-refractivity contribution in [2.45, 2.75) is 26.4 Å². The molecule has 8 heteroatoms. The van der Waals surface area contributed by atoms with Crippen LogP contribution in [-0.4, -0.2) is 16.1 Å². The number of carbonyl (C=O) groups is 1. The van der Waals surface area contributed by atoms with Gasteiger partial charge in [0.2, 0.25) is 16.0 Å². The molecule has 1 heterocycles. The van der Waals surface area contributed by atoms with Crippen molar-refractivity contribution in [1.29, 1.82) is 0 Å². The van der Waals surface area contributed by atoms with E-state index in [4.69, 9.17) is 0 Å². The molecule has 0 radical (unpaired) electrons. The van der Waals surface area contributed by atoms with Gasteiger partial charge in [0.15, 0.2) is 0 Å². The largest absolute Gasteiger partial charge is 0.445 e. The Morgan fingerprint density at radius 1 is 1.44 bits per heavy atom. The Morgan fingerprint density at radius 2 is 2.06 bits per heavy atom. The zero-order valence-corrected chi connectivity index (χ0v) is 9.45. The van der Waals surface area contributed by atoms with Crippen molar-refractivity contribution in [2.75, 3.05) is 5.32 Å². The minimum Gasteiger partial charge on any atom is -0.301 e. The zero-order chi connectivity index (χ0) is 12.3. The van der Waals surface area contributed by atoms with Crippen molar-refractivity contribution in [3.8, 4) is 0 Å². The van der Waals surface area contributed by atoms with E-state index in [0.29, 0.717) is 11.3 Å². The van der Waals surface area contributed by atoms with Gasteiger partial charge in [-0.05, 0) is 5.92 Å². The van der Waals surface area contributed by atoms with Crippen LogP contribution in [0.1, 0.15) is 25.3 Å². The molecule has 16 heavy (non-hydrogen) atoms. The Morgan fingerprint density at radius 3 is 2.50 bits per heavy atom. The first-order chi connectivity index (χ1) is 7.29. The van der Waals surface area contributed by atoms with Gasteiger partial charge in [-0.1, -0.05) is 25.2 Å². The Hall–Kier alpha value is -1.18. The van der Waals surface area contributed by atoms with Crippen molar-refractivity contribution in [2.24, 2.45) is 5.92 Å². The molecule has 0 saturated heterocycles. The molecule has 0 aliphatic heterocycles. The van der Waals surface area contributed by atoms with E-state index in [-0.39, 0.29) is 23.4 Å². The fourth-order valence-electron chi connectivity index (χ4n) is 0.929. The van der Waals surface area contributed by atoms with Gasteiger partial charge >= 0.3 is 6.18 Å². The number of aromatic nitrogens is 2. The number of hydrogen-bond donors (Lipinski definition) is 1. The van der Waals surface area contributed by atoms with Crippen LogP contribution in [0.2, 0.25) is 0 Å². The zero-order valence-electron chi connectivity index (χ0n) is 8.63. The van der Waals surface area contributed by atoms with Crippen LogP contribution in [0.15, 0.2) is 0 Å². The van der Waals surface area contributed by atoms with Gasteiger partial charge in [-0.25, -0.2) is 0 Å². The van der Waals surface area contributed by atoms with Gasteiger partial charge in [0.1, 0.15) is 0 Å². The third kappa shape index (κ3) is 3.76. The van der Waals surface area contributed by atoms with Gasteiger partial charge < -0.3 is 5.32 Å². The van der Waals surface area contributed by atoms with E-state index in [1.165, 1.54) is 0 Å². The van der Waals surface area contributed by atoms with E-state index in [1.807, 2.05) is 13.8 Å². The minimum absolute atomic E-state index is 0.127. The lowest BCUT2D eigenvalue weighted by molar-refractivity contribution is -0.138. The number of halogens is 3. The summed E-state index contributed by atoms with van der Waals surface area (Å²) in [5.41, 5.74) is 0. The van der Waals surface area contributed by atoms with Crippen molar-refractivity contribution in [3.05, 3.63) is 5.01 Å². The maximum atomic E-state index is 12.1.